The van der Waals surface area contributed by atoms with E-state index in [1.807, 2.05) is 30.3 Å². The van der Waals surface area contributed by atoms with Gasteiger partial charge >= 0.3 is 0 Å². The van der Waals surface area contributed by atoms with E-state index in [0.29, 0.717) is 0 Å². The first-order valence-corrected chi connectivity index (χ1v) is 11.8. The molecule has 0 spiro atoms. The van der Waals surface area contributed by atoms with Crippen LogP contribution in [0.3, 0.4) is 0 Å². The fourth-order valence-corrected chi connectivity index (χ4v) is 4.75. The van der Waals surface area contributed by atoms with E-state index in [1.165, 1.54) is 38.6 Å². The van der Waals surface area contributed by atoms with Gasteiger partial charge in [0.25, 0.3) is 0 Å². The topological polar surface area (TPSA) is 63.7 Å². The third-order valence-corrected chi connectivity index (χ3v) is 6.55. The number of nitrogens with one attached hydrogen (secondary N) is 1. The highest BCUT2D eigenvalue weighted by atomic mass is 16.5. The highest BCUT2D eigenvalue weighted by molar-refractivity contribution is 6.05. The van der Waals surface area contributed by atoms with Gasteiger partial charge in [0.2, 0.25) is 0 Å². The van der Waals surface area contributed by atoms with Crippen LogP contribution in [0.15, 0.2) is 96.6 Å². The van der Waals surface area contributed by atoms with E-state index in [4.69, 9.17) is 4.74 Å². The molecular weight excluding hydrogens is 432 g/mol. The lowest BCUT2D eigenvalue weighted by Crippen LogP contribution is -1.92. The lowest BCUT2D eigenvalue weighted by molar-refractivity contribution is 0.483. The molecule has 1 aliphatic rings. The Labute approximate surface area is 203 Å². The van der Waals surface area contributed by atoms with Gasteiger partial charge in [-0.25, -0.2) is 5.10 Å². The van der Waals surface area contributed by atoms with Crippen LogP contribution in [0.5, 0.6) is 11.5 Å². The van der Waals surface area contributed by atoms with Gasteiger partial charge in [-0.2, -0.15) is 0 Å². The molecule has 4 aromatic carbocycles. The van der Waals surface area contributed by atoms with Crippen LogP contribution in [0.4, 0.5) is 0 Å². The molecule has 0 atom stereocenters. The summed E-state index contributed by atoms with van der Waals surface area (Å²) >= 11 is 0. The number of hydrogen-bond donors (Lipinski definition) is 1. The van der Waals surface area contributed by atoms with Crippen LogP contribution < -0.4 is 4.74 Å². The van der Waals surface area contributed by atoms with E-state index in [1.54, 1.807) is 0 Å². The van der Waals surface area contributed by atoms with Crippen LogP contribution >= 0.6 is 0 Å². The Kier molecular flexibility index (Phi) is 5.43. The summed E-state index contributed by atoms with van der Waals surface area (Å²) in [5.41, 5.74) is 7.61. The highest BCUT2D eigenvalue weighted by Gasteiger charge is 2.23. The minimum atomic E-state index is 0.780. The van der Waals surface area contributed by atoms with E-state index in [0.717, 1.165) is 35.7 Å². The SMILES string of the molecule is CC1=C(CCc2nnn[nH]2)c2ccccc2/C1=C\c1ccc(Oc2ccc3ccccc3c2)cc1. The van der Waals surface area contributed by atoms with Crippen molar-refractivity contribution < 1.29 is 4.74 Å². The molecule has 0 bridgehead atoms. The van der Waals surface area contributed by atoms with Crippen molar-refractivity contribution in [3.05, 3.63) is 119 Å². The number of aryl methyl sites for hydroxylation is 1. The fraction of sp³-hybridized carbons (Fsp3) is 0.100. The Morgan fingerprint density at radius 2 is 1.51 bits per heavy atom. The van der Waals surface area contributed by atoms with Gasteiger partial charge in [0.15, 0.2) is 0 Å². The second kappa shape index (κ2) is 9.03. The molecule has 35 heavy (non-hydrogen) atoms. The number of ether oxygens (including phenoxy) is 1. The van der Waals surface area contributed by atoms with Crippen molar-refractivity contribution in [2.45, 2.75) is 19.8 Å². The summed E-state index contributed by atoms with van der Waals surface area (Å²) in [6.07, 6.45) is 3.93. The Morgan fingerprint density at radius 3 is 2.31 bits per heavy atom. The van der Waals surface area contributed by atoms with Gasteiger partial charge in [0, 0.05) is 6.42 Å². The van der Waals surface area contributed by atoms with E-state index < -0.39 is 0 Å². The highest BCUT2D eigenvalue weighted by Crippen LogP contribution is 2.43. The minimum Gasteiger partial charge on any atom is -0.457 e. The number of allylic oxidation sites excluding steroid dienone is 3. The van der Waals surface area contributed by atoms with Gasteiger partial charge in [-0.15, -0.1) is 5.10 Å². The molecule has 5 aromatic rings. The van der Waals surface area contributed by atoms with Crippen LogP contribution in [-0.4, -0.2) is 20.6 Å². The van der Waals surface area contributed by atoms with E-state index in [-0.39, 0.29) is 0 Å². The van der Waals surface area contributed by atoms with Crippen molar-refractivity contribution in [2.75, 3.05) is 0 Å². The number of H-pyrrole nitrogens is 1. The number of aromatic nitrogens is 4. The molecule has 1 aliphatic carbocycles. The average Bonchev–Trinajstić information content (AvgIpc) is 3.50. The van der Waals surface area contributed by atoms with Crippen LogP contribution in [0.25, 0.3) is 28.0 Å². The number of hydrogen-bond acceptors (Lipinski definition) is 4. The monoisotopic (exact) mass is 456 g/mol. The van der Waals surface area contributed by atoms with Crippen molar-refractivity contribution >= 4 is 28.0 Å². The Balaban J connectivity index is 1.25. The molecule has 0 unspecified atom stereocenters. The molecule has 1 aromatic heterocycles. The predicted octanol–water partition coefficient (Wildman–Crippen LogP) is 7.11. The predicted molar refractivity (Wildman–Crippen MR) is 140 cm³/mol. The maximum absolute atomic E-state index is 6.12. The first-order valence-electron chi connectivity index (χ1n) is 11.8. The molecule has 1 N–H and O–H groups in total. The van der Waals surface area contributed by atoms with Crippen molar-refractivity contribution in [1.29, 1.82) is 0 Å². The molecule has 0 saturated heterocycles. The van der Waals surface area contributed by atoms with E-state index >= 15 is 0 Å². The van der Waals surface area contributed by atoms with Gasteiger partial charge in [-0.1, -0.05) is 66.7 Å². The second-order valence-electron chi connectivity index (χ2n) is 8.74. The number of benzene rings is 4. The summed E-state index contributed by atoms with van der Waals surface area (Å²) in [7, 11) is 0. The third-order valence-electron chi connectivity index (χ3n) is 6.55. The van der Waals surface area contributed by atoms with Gasteiger partial charge in [-0.05, 0) is 98.3 Å². The first-order chi connectivity index (χ1) is 17.2. The molecule has 5 heteroatoms. The van der Waals surface area contributed by atoms with Crippen molar-refractivity contribution in [3.63, 3.8) is 0 Å². The molecule has 0 fully saturated rings. The summed E-state index contributed by atoms with van der Waals surface area (Å²) in [4.78, 5) is 0. The molecule has 170 valence electrons. The third kappa shape index (κ3) is 4.24. The molecule has 0 amide bonds. The van der Waals surface area contributed by atoms with Crippen LogP contribution in [0.1, 0.15) is 35.9 Å². The Hall–Kier alpha value is -4.51. The molecular formula is C30H24N4O. The maximum atomic E-state index is 6.12. The number of aromatic amines is 1. The lowest BCUT2D eigenvalue weighted by atomic mass is 10.0. The maximum Gasteiger partial charge on any atom is 0.148 e. The largest absolute Gasteiger partial charge is 0.457 e. The minimum absolute atomic E-state index is 0.780. The fourth-order valence-electron chi connectivity index (χ4n) is 4.75. The van der Waals surface area contributed by atoms with Gasteiger partial charge in [-0.3, -0.25) is 0 Å². The zero-order valence-corrected chi connectivity index (χ0v) is 19.4. The van der Waals surface area contributed by atoms with E-state index in [9.17, 15) is 0 Å². The Morgan fingerprint density at radius 1 is 0.771 bits per heavy atom. The summed E-state index contributed by atoms with van der Waals surface area (Å²) < 4.78 is 6.12. The number of fused-ring (bicyclic) bond motifs is 2. The van der Waals surface area contributed by atoms with E-state index in [2.05, 4.69) is 94.3 Å². The number of rotatable bonds is 6. The summed E-state index contributed by atoms with van der Waals surface area (Å²) in [5, 5.41) is 16.7. The zero-order valence-electron chi connectivity index (χ0n) is 19.4. The molecule has 6 rings (SSSR count). The first kappa shape index (κ1) is 21.1. The van der Waals surface area contributed by atoms with Crippen LogP contribution in [0.2, 0.25) is 0 Å². The Bertz CT molecular complexity index is 1560. The lowest BCUT2D eigenvalue weighted by Gasteiger charge is -2.08. The quantitative estimate of drug-likeness (QED) is 0.296. The smallest absolute Gasteiger partial charge is 0.148 e. The van der Waals surface area contributed by atoms with Gasteiger partial charge in [0.1, 0.15) is 17.3 Å². The standard InChI is InChI=1S/C30H24N4O/c1-20-26(16-17-30-31-33-34-32-30)27-8-4-5-9-28(27)29(20)18-21-10-13-24(14-11-21)35-25-15-12-22-6-2-3-7-23(22)19-25/h2-15,18-19H,16-17H2,1H3,(H,31,32,33,34)/b29-18-. The van der Waals surface area contributed by atoms with Crippen LogP contribution in [-0.2, 0) is 6.42 Å². The average molecular weight is 457 g/mol. The summed E-state index contributed by atoms with van der Waals surface area (Å²) in [5.74, 6) is 2.47. The zero-order chi connectivity index (χ0) is 23.6. The van der Waals surface area contributed by atoms with Crippen LogP contribution in [0, 0.1) is 0 Å². The molecule has 1 heterocycles. The molecule has 5 nitrogen and oxygen atoms in total. The summed E-state index contributed by atoms with van der Waals surface area (Å²) in [6.45, 7) is 2.21. The second-order valence-corrected chi connectivity index (χ2v) is 8.74. The molecule has 0 radical (unpaired) electrons. The van der Waals surface area contributed by atoms with Crippen molar-refractivity contribution in [3.8, 4) is 11.5 Å². The molecule has 0 aliphatic heterocycles. The van der Waals surface area contributed by atoms with Gasteiger partial charge in [0.05, 0.1) is 0 Å². The molecule has 0 saturated carbocycles. The summed E-state index contributed by atoms with van der Waals surface area (Å²) in [6, 6.07) is 31.4. The van der Waals surface area contributed by atoms with Gasteiger partial charge < -0.3 is 4.74 Å². The normalized spacial score (nSPS) is 14.0. The van der Waals surface area contributed by atoms with Crippen molar-refractivity contribution in [2.24, 2.45) is 0 Å². The van der Waals surface area contributed by atoms with Crippen molar-refractivity contribution in [1.82, 2.24) is 20.6 Å². The number of tetrazole rings is 1. The number of nitrogens with zero attached hydrogens (tertiary/aromatic N) is 3.